The number of hydrogen-bond acceptors (Lipinski definition) is 7. The SMILES string of the molecule is CN(C)C/C=C/C(=O)N1CCOc2c1ccc1ncnc(Nc3ccc(Oc4ccc(F)cc4)cc3)c21. The third-order valence-electron chi connectivity index (χ3n) is 5.75. The number of amides is 1. The Morgan fingerprint density at radius 3 is 2.54 bits per heavy atom. The molecule has 0 saturated heterocycles. The first-order chi connectivity index (χ1) is 18.0. The average Bonchev–Trinajstić information content (AvgIpc) is 2.90. The van der Waals surface area contributed by atoms with Gasteiger partial charge in [0.05, 0.1) is 23.1 Å². The van der Waals surface area contributed by atoms with E-state index in [1.165, 1.54) is 18.5 Å². The van der Waals surface area contributed by atoms with E-state index in [1.54, 1.807) is 23.1 Å². The largest absolute Gasteiger partial charge is 0.489 e. The van der Waals surface area contributed by atoms with E-state index in [9.17, 15) is 9.18 Å². The summed E-state index contributed by atoms with van der Waals surface area (Å²) in [6, 6.07) is 16.9. The number of rotatable bonds is 7. The summed E-state index contributed by atoms with van der Waals surface area (Å²) in [4.78, 5) is 25.5. The van der Waals surface area contributed by atoms with Gasteiger partial charge in [0, 0.05) is 18.3 Å². The van der Waals surface area contributed by atoms with Gasteiger partial charge in [-0.15, -0.1) is 0 Å². The van der Waals surface area contributed by atoms with Crippen LogP contribution in [0.3, 0.4) is 0 Å². The maximum absolute atomic E-state index is 13.1. The van der Waals surface area contributed by atoms with Crippen molar-refractivity contribution in [1.29, 1.82) is 0 Å². The topological polar surface area (TPSA) is 79.8 Å². The van der Waals surface area contributed by atoms with Crippen LogP contribution < -0.4 is 19.7 Å². The third kappa shape index (κ3) is 5.52. The van der Waals surface area contributed by atoms with Crippen LogP contribution in [0.15, 0.2) is 79.1 Å². The molecule has 1 aliphatic heterocycles. The lowest BCUT2D eigenvalue weighted by molar-refractivity contribution is -0.114. The molecule has 4 aromatic rings. The van der Waals surface area contributed by atoms with Crippen molar-refractivity contribution in [3.8, 4) is 17.2 Å². The van der Waals surface area contributed by atoms with Crippen molar-refractivity contribution in [1.82, 2.24) is 14.9 Å². The van der Waals surface area contributed by atoms with Crippen LogP contribution in [0.1, 0.15) is 0 Å². The maximum Gasteiger partial charge on any atom is 0.250 e. The highest BCUT2D eigenvalue weighted by Crippen LogP contribution is 2.41. The minimum absolute atomic E-state index is 0.103. The van der Waals surface area contributed by atoms with Crippen LogP contribution in [0, 0.1) is 5.82 Å². The zero-order chi connectivity index (χ0) is 25.8. The molecule has 1 amide bonds. The number of nitrogens with one attached hydrogen (secondary N) is 1. The number of anilines is 3. The average molecular weight is 500 g/mol. The molecule has 1 aromatic heterocycles. The van der Waals surface area contributed by atoms with Crippen LogP contribution >= 0.6 is 0 Å². The molecule has 5 rings (SSSR count). The summed E-state index contributed by atoms with van der Waals surface area (Å²) in [6.45, 7) is 1.50. The van der Waals surface area contributed by atoms with Gasteiger partial charge in [-0.25, -0.2) is 14.4 Å². The fourth-order valence-electron chi connectivity index (χ4n) is 3.99. The molecular weight excluding hydrogens is 473 g/mol. The highest BCUT2D eigenvalue weighted by Gasteiger charge is 2.26. The third-order valence-corrected chi connectivity index (χ3v) is 5.75. The second-order valence-electron chi connectivity index (χ2n) is 8.74. The second kappa shape index (κ2) is 10.6. The fraction of sp³-hybridized carbons (Fsp3) is 0.179. The molecule has 0 unspecified atom stereocenters. The number of aromatic nitrogens is 2. The van der Waals surface area contributed by atoms with Gasteiger partial charge in [0.15, 0.2) is 5.75 Å². The lowest BCUT2D eigenvalue weighted by Crippen LogP contribution is -2.37. The Hall–Kier alpha value is -4.50. The minimum atomic E-state index is -0.316. The van der Waals surface area contributed by atoms with Gasteiger partial charge < -0.3 is 24.6 Å². The van der Waals surface area contributed by atoms with Crippen LogP contribution in [-0.2, 0) is 4.79 Å². The van der Waals surface area contributed by atoms with E-state index in [2.05, 4.69) is 15.3 Å². The predicted molar refractivity (Wildman–Crippen MR) is 141 cm³/mol. The molecule has 188 valence electrons. The number of halogens is 1. The number of benzene rings is 3. The zero-order valence-electron chi connectivity index (χ0n) is 20.5. The Balaban J connectivity index is 1.40. The Bertz CT molecular complexity index is 1440. The van der Waals surface area contributed by atoms with Crippen molar-refractivity contribution in [2.75, 3.05) is 44.0 Å². The summed E-state index contributed by atoms with van der Waals surface area (Å²) >= 11 is 0. The molecule has 3 aromatic carbocycles. The van der Waals surface area contributed by atoms with Crippen LogP contribution in [0.25, 0.3) is 10.9 Å². The highest BCUT2D eigenvalue weighted by atomic mass is 19.1. The molecular formula is C28H26FN5O3. The summed E-state index contributed by atoms with van der Waals surface area (Å²) in [5, 5.41) is 4.02. The quantitative estimate of drug-likeness (QED) is 0.352. The number of fused-ring (bicyclic) bond motifs is 3. The molecule has 9 heteroatoms. The van der Waals surface area contributed by atoms with Crippen molar-refractivity contribution in [3.05, 3.63) is 85.0 Å². The van der Waals surface area contributed by atoms with E-state index in [1.807, 2.05) is 61.5 Å². The van der Waals surface area contributed by atoms with Gasteiger partial charge in [-0.05, 0) is 74.8 Å². The normalized spacial score (nSPS) is 13.0. The Kier molecular flexibility index (Phi) is 6.96. The van der Waals surface area contributed by atoms with Gasteiger partial charge in [0.1, 0.15) is 36.1 Å². The number of hydrogen-bond donors (Lipinski definition) is 1. The van der Waals surface area contributed by atoms with E-state index in [0.29, 0.717) is 59.4 Å². The summed E-state index contributed by atoms with van der Waals surface area (Å²) < 4.78 is 24.9. The van der Waals surface area contributed by atoms with E-state index in [4.69, 9.17) is 9.47 Å². The van der Waals surface area contributed by atoms with Crippen LogP contribution in [0.2, 0.25) is 0 Å². The van der Waals surface area contributed by atoms with Crippen molar-refractivity contribution in [2.45, 2.75) is 0 Å². The standard InChI is InChI=1S/C28H26FN5O3/c1-33(2)15-3-4-25(35)34-16-17-36-27-24(34)14-13-23-26(27)28(31-18-30-23)32-20-7-11-22(12-8-20)37-21-9-5-19(29)6-10-21/h3-14,18H,15-17H2,1-2H3,(H,30,31,32)/b4-3+. The van der Waals surface area contributed by atoms with Crippen LogP contribution in [0.4, 0.5) is 21.6 Å². The highest BCUT2D eigenvalue weighted by molar-refractivity contribution is 6.07. The first-order valence-electron chi connectivity index (χ1n) is 11.8. The molecule has 2 heterocycles. The van der Waals surface area contributed by atoms with E-state index < -0.39 is 0 Å². The summed E-state index contributed by atoms with van der Waals surface area (Å²) in [6.07, 6.45) is 4.92. The molecule has 37 heavy (non-hydrogen) atoms. The molecule has 1 aliphatic rings. The molecule has 0 bridgehead atoms. The molecule has 0 atom stereocenters. The maximum atomic E-state index is 13.1. The number of nitrogens with zero attached hydrogens (tertiary/aromatic N) is 4. The van der Waals surface area contributed by atoms with Gasteiger partial charge >= 0.3 is 0 Å². The smallest absolute Gasteiger partial charge is 0.250 e. The fourth-order valence-corrected chi connectivity index (χ4v) is 3.99. The summed E-state index contributed by atoms with van der Waals surface area (Å²) in [5.74, 6) is 1.87. The minimum Gasteiger partial charge on any atom is -0.489 e. The lowest BCUT2D eigenvalue weighted by atomic mass is 10.1. The molecule has 0 spiro atoms. The van der Waals surface area contributed by atoms with E-state index in [0.717, 1.165) is 5.69 Å². The van der Waals surface area contributed by atoms with E-state index in [-0.39, 0.29) is 11.7 Å². The van der Waals surface area contributed by atoms with Crippen molar-refractivity contribution in [3.63, 3.8) is 0 Å². The van der Waals surface area contributed by atoms with Crippen LogP contribution in [0.5, 0.6) is 17.2 Å². The van der Waals surface area contributed by atoms with Gasteiger partial charge in [-0.3, -0.25) is 4.79 Å². The number of carbonyl (C=O) groups excluding carboxylic acids is 1. The van der Waals surface area contributed by atoms with E-state index >= 15 is 0 Å². The summed E-state index contributed by atoms with van der Waals surface area (Å²) in [5.41, 5.74) is 2.16. The second-order valence-corrected chi connectivity index (χ2v) is 8.74. The first-order valence-corrected chi connectivity index (χ1v) is 11.8. The van der Waals surface area contributed by atoms with Gasteiger partial charge in [-0.1, -0.05) is 6.08 Å². The lowest BCUT2D eigenvalue weighted by Gasteiger charge is -2.30. The molecule has 0 fully saturated rings. The predicted octanol–water partition coefficient (Wildman–Crippen LogP) is 5.15. The molecule has 0 radical (unpaired) electrons. The van der Waals surface area contributed by atoms with Crippen molar-refractivity contribution in [2.24, 2.45) is 0 Å². The molecule has 0 aliphatic carbocycles. The Labute approximate surface area is 214 Å². The number of carbonyl (C=O) groups is 1. The number of likely N-dealkylation sites (N-methyl/N-ethyl adjacent to an activating group) is 1. The Morgan fingerprint density at radius 2 is 1.81 bits per heavy atom. The summed E-state index contributed by atoms with van der Waals surface area (Å²) in [7, 11) is 3.90. The van der Waals surface area contributed by atoms with Gasteiger partial charge in [0.2, 0.25) is 0 Å². The zero-order valence-corrected chi connectivity index (χ0v) is 20.5. The van der Waals surface area contributed by atoms with Crippen molar-refractivity contribution < 1.29 is 18.7 Å². The monoisotopic (exact) mass is 499 g/mol. The molecule has 0 saturated carbocycles. The first kappa shape index (κ1) is 24.2. The molecule has 1 N–H and O–H groups in total. The van der Waals surface area contributed by atoms with Gasteiger partial charge in [0.25, 0.3) is 5.91 Å². The molecule has 8 nitrogen and oxygen atoms in total. The van der Waals surface area contributed by atoms with Crippen LogP contribution in [-0.4, -0.2) is 54.6 Å². The van der Waals surface area contributed by atoms with Crippen molar-refractivity contribution >= 4 is 34.0 Å². The van der Waals surface area contributed by atoms with Gasteiger partial charge in [-0.2, -0.15) is 0 Å². The Morgan fingerprint density at radius 1 is 1.08 bits per heavy atom. The number of ether oxygens (including phenoxy) is 2.